The highest BCUT2D eigenvalue weighted by atomic mass is 35.5. The smallest absolute Gasteiger partial charge is 0.305 e. The van der Waals surface area contributed by atoms with E-state index < -0.39 is 0 Å². The number of rotatable bonds is 7. The van der Waals surface area contributed by atoms with Gasteiger partial charge in [-0.15, -0.1) is 0 Å². The van der Waals surface area contributed by atoms with Crippen molar-refractivity contribution in [3.05, 3.63) is 27.7 Å². The topological polar surface area (TPSA) is 52.6 Å². The number of hydrogen-bond donors (Lipinski definition) is 0. The van der Waals surface area contributed by atoms with E-state index in [2.05, 4.69) is 4.74 Å². The summed E-state index contributed by atoms with van der Waals surface area (Å²) in [6.45, 7) is 0. The zero-order valence-electron chi connectivity index (χ0n) is 11.4. The predicted octanol–water partition coefficient (Wildman–Crippen LogP) is 3.92. The third-order valence-electron chi connectivity index (χ3n) is 2.80. The maximum Gasteiger partial charge on any atom is 0.305 e. The van der Waals surface area contributed by atoms with Gasteiger partial charge in [0.2, 0.25) is 0 Å². The van der Waals surface area contributed by atoms with Crippen LogP contribution in [0.1, 0.15) is 36.0 Å². The molecule has 0 heterocycles. The van der Waals surface area contributed by atoms with E-state index in [9.17, 15) is 9.59 Å². The lowest BCUT2D eigenvalue weighted by Crippen LogP contribution is -2.03. The van der Waals surface area contributed by atoms with Crippen molar-refractivity contribution in [1.29, 1.82) is 0 Å². The molecule has 110 valence electrons. The van der Waals surface area contributed by atoms with Crippen LogP contribution in [0.5, 0.6) is 5.75 Å². The second-order valence-corrected chi connectivity index (χ2v) is 4.99. The highest BCUT2D eigenvalue weighted by molar-refractivity contribution is 6.37. The van der Waals surface area contributed by atoms with Gasteiger partial charge in [-0.05, 0) is 25.0 Å². The van der Waals surface area contributed by atoms with Crippen LogP contribution in [0.4, 0.5) is 0 Å². The van der Waals surface area contributed by atoms with Crippen molar-refractivity contribution >= 4 is 35.0 Å². The van der Waals surface area contributed by atoms with Crippen LogP contribution >= 0.6 is 23.2 Å². The van der Waals surface area contributed by atoms with Crippen molar-refractivity contribution in [3.8, 4) is 5.75 Å². The second-order valence-electron chi connectivity index (χ2n) is 4.17. The summed E-state index contributed by atoms with van der Waals surface area (Å²) in [5, 5.41) is 0.661. The maximum absolute atomic E-state index is 12.1. The van der Waals surface area contributed by atoms with Gasteiger partial charge in [-0.1, -0.05) is 23.2 Å². The molecule has 0 bridgehead atoms. The molecule has 0 aliphatic heterocycles. The van der Waals surface area contributed by atoms with E-state index in [4.69, 9.17) is 27.9 Å². The van der Waals surface area contributed by atoms with Crippen LogP contribution in [-0.2, 0) is 9.53 Å². The van der Waals surface area contributed by atoms with Crippen molar-refractivity contribution < 1.29 is 19.1 Å². The first kappa shape index (κ1) is 16.8. The van der Waals surface area contributed by atoms with Crippen LogP contribution < -0.4 is 4.74 Å². The molecule has 20 heavy (non-hydrogen) atoms. The number of carbonyl (C=O) groups is 2. The molecular weight excluding hydrogens is 303 g/mol. The molecule has 4 nitrogen and oxygen atoms in total. The van der Waals surface area contributed by atoms with Gasteiger partial charge in [0.1, 0.15) is 5.75 Å². The molecule has 0 fully saturated rings. The number of hydrogen-bond acceptors (Lipinski definition) is 4. The number of carbonyl (C=O) groups excluding carboxylic acids is 2. The van der Waals surface area contributed by atoms with E-state index >= 15 is 0 Å². The summed E-state index contributed by atoms with van der Waals surface area (Å²) in [4.78, 5) is 23.0. The van der Waals surface area contributed by atoms with E-state index in [0.29, 0.717) is 47.0 Å². The van der Waals surface area contributed by atoms with Gasteiger partial charge < -0.3 is 9.47 Å². The Labute approximate surface area is 128 Å². The third kappa shape index (κ3) is 4.69. The van der Waals surface area contributed by atoms with Gasteiger partial charge in [0.05, 0.1) is 24.3 Å². The molecule has 0 N–H and O–H groups in total. The van der Waals surface area contributed by atoms with Crippen molar-refractivity contribution in [1.82, 2.24) is 0 Å². The summed E-state index contributed by atoms with van der Waals surface area (Å²) < 4.78 is 9.59. The normalized spacial score (nSPS) is 10.2. The zero-order valence-corrected chi connectivity index (χ0v) is 12.9. The van der Waals surface area contributed by atoms with Gasteiger partial charge in [0.15, 0.2) is 5.78 Å². The van der Waals surface area contributed by atoms with Crippen LogP contribution in [0.2, 0.25) is 10.0 Å². The number of methoxy groups -OCH3 is 2. The van der Waals surface area contributed by atoms with Crippen LogP contribution in [0.25, 0.3) is 0 Å². The van der Waals surface area contributed by atoms with Crippen LogP contribution in [0, 0.1) is 0 Å². The van der Waals surface area contributed by atoms with Crippen molar-refractivity contribution in [3.63, 3.8) is 0 Å². The lowest BCUT2D eigenvalue weighted by Gasteiger charge is -2.08. The Morgan fingerprint density at radius 2 is 1.70 bits per heavy atom. The standard InChI is InChI=1S/C14H16Cl2O4/c1-19-13-7-9(10(15)8-11(13)16)12(17)5-3-4-6-14(18)20-2/h7-8H,3-6H2,1-2H3. The lowest BCUT2D eigenvalue weighted by molar-refractivity contribution is -0.140. The first-order chi connectivity index (χ1) is 9.49. The first-order valence-corrected chi connectivity index (χ1v) is 6.88. The summed E-state index contributed by atoms with van der Waals surface area (Å²) in [5.41, 5.74) is 0.381. The van der Waals surface area contributed by atoms with E-state index in [1.165, 1.54) is 26.4 Å². The fraction of sp³-hybridized carbons (Fsp3) is 0.429. The largest absolute Gasteiger partial charge is 0.495 e. The van der Waals surface area contributed by atoms with Crippen molar-refractivity contribution in [2.75, 3.05) is 14.2 Å². The fourth-order valence-electron chi connectivity index (χ4n) is 1.69. The number of benzene rings is 1. The zero-order chi connectivity index (χ0) is 15.1. The van der Waals surface area contributed by atoms with Gasteiger partial charge in [0.25, 0.3) is 0 Å². The number of ketones is 1. The van der Waals surface area contributed by atoms with Gasteiger partial charge in [0, 0.05) is 18.4 Å². The average Bonchev–Trinajstić information content (AvgIpc) is 2.43. The molecule has 0 atom stereocenters. The molecule has 0 radical (unpaired) electrons. The molecule has 0 unspecified atom stereocenters. The van der Waals surface area contributed by atoms with Gasteiger partial charge >= 0.3 is 5.97 Å². The highest BCUT2D eigenvalue weighted by Gasteiger charge is 2.14. The molecule has 6 heteroatoms. The fourth-order valence-corrected chi connectivity index (χ4v) is 2.26. The second kappa shape index (κ2) is 8.12. The van der Waals surface area contributed by atoms with Crippen LogP contribution in [-0.4, -0.2) is 26.0 Å². The van der Waals surface area contributed by atoms with Gasteiger partial charge in [-0.3, -0.25) is 9.59 Å². The lowest BCUT2D eigenvalue weighted by atomic mass is 10.0. The van der Waals surface area contributed by atoms with E-state index in [1.807, 2.05) is 0 Å². The monoisotopic (exact) mass is 318 g/mol. The number of halogens is 2. The number of unbranched alkanes of at least 4 members (excludes halogenated alkanes) is 1. The molecule has 1 rings (SSSR count). The summed E-state index contributed by atoms with van der Waals surface area (Å²) in [5.74, 6) is 0.0347. The highest BCUT2D eigenvalue weighted by Crippen LogP contribution is 2.31. The summed E-state index contributed by atoms with van der Waals surface area (Å²) in [6, 6.07) is 3.02. The molecule has 0 aliphatic rings. The number of ether oxygens (including phenoxy) is 2. The predicted molar refractivity (Wildman–Crippen MR) is 77.8 cm³/mol. The molecule has 0 saturated heterocycles. The third-order valence-corrected chi connectivity index (χ3v) is 3.41. The maximum atomic E-state index is 12.1. The molecule has 0 amide bonds. The SMILES string of the molecule is COC(=O)CCCCC(=O)c1cc(OC)c(Cl)cc1Cl. The van der Waals surface area contributed by atoms with Crippen molar-refractivity contribution in [2.24, 2.45) is 0 Å². The first-order valence-electron chi connectivity index (χ1n) is 6.12. The molecular formula is C14H16Cl2O4. The average molecular weight is 319 g/mol. The molecule has 1 aromatic carbocycles. The van der Waals surface area contributed by atoms with Gasteiger partial charge in [-0.25, -0.2) is 0 Å². The Morgan fingerprint density at radius 3 is 2.30 bits per heavy atom. The molecule has 0 spiro atoms. The number of Topliss-reactive ketones (excluding diaryl/α,β-unsaturated/α-hetero) is 1. The summed E-state index contributed by atoms with van der Waals surface area (Å²) in [7, 11) is 2.81. The Bertz CT molecular complexity index is 500. The quantitative estimate of drug-likeness (QED) is 0.434. The Morgan fingerprint density at radius 1 is 1.05 bits per heavy atom. The molecule has 0 aromatic heterocycles. The number of esters is 1. The van der Waals surface area contributed by atoms with Crippen LogP contribution in [0.3, 0.4) is 0 Å². The minimum absolute atomic E-state index is 0.102. The Kier molecular flexibility index (Phi) is 6.82. The summed E-state index contributed by atoms with van der Waals surface area (Å²) >= 11 is 11.9. The van der Waals surface area contributed by atoms with E-state index in [1.54, 1.807) is 0 Å². The van der Waals surface area contributed by atoms with E-state index in [-0.39, 0.29) is 11.8 Å². The molecule has 0 saturated carbocycles. The summed E-state index contributed by atoms with van der Waals surface area (Å²) in [6.07, 6.45) is 1.80. The van der Waals surface area contributed by atoms with Crippen molar-refractivity contribution in [2.45, 2.75) is 25.7 Å². The van der Waals surface area contributed by atoms with Crippen LogP contribution in [0.15, 0.2) is 12.1 Å². The van der Waals surface area contributed by atoms with Gasteiger partial charge in [-0.2, -0.15) is 0 Å². The minimum Gasteiger partial charge on any atom is -0.495 e. The van der Waals surface area contributed by atoms with E-state index in [0.717, 1.165) is 0 Å². The minimum atomic E-state index is -0.274. The molecule has 1 aromatic rings. The molecule has 0 aliphatic carbocycles. The Hall–Kier alpha value is -1.26. The Balaban J connectivity index is 2.61.